The van der Waals surface area contributed by atoms with Crippen LogP contribution in [0.3, 0.4) is 0 Å². The predicted octanol–water partition coefficient (Wildman–Crippen LogP) is 0.956. The lowest BCUT2D eigenvalue weighted by Gasteiger charge is -2.48. The summed E-state index contributed by atoms with van der Waals surface area (Å²) in [5.41, 5.74) is -0.117. The zero-order valence-electron chi connectivity index (χ0n) is 7.83. The molecule has 1 aliphatic carbocycles. The summed E-state index contributed by atoms with van der Waals surface area (Å²) >= 11 is 0. The van der Waals surface area contributed by atoms with Crippen LogP contribution in [-0.4, -0.2) is 24.3 Å². The Balaban J connectivity index is 2.42. The van der Waals surface area contributed by atoms with Gasteiger partial charge in [-0.05, 0) is 17.8 Å². The van der Waals surface area contributed by atoms with E-state index in [4.69, 9.17) is 0 Å². The first-order valence-electron chi connectivity index (χ1n) is 4.23. The number of ether oxygens (including phenoxy) is 1. The third kappa shape index (κ3) is 1.46. The van der Waals surface area contributed by atoms with E-state index in [9.17, 15) is 9.90 Å². The molecule has 0 spiro atoms. The van der Waals surface area contributed by atoms with E-state index in [2.05, 4.69) is 4.74 Å². The van der Waals surface area contributed by atoms with Crippen LogP contribution in [-0.2, 0) is 9.53 Å². The van der Waals surface area contributed by atoms with Gasteiger partial charge in [0.2, 0.25) is 0 Å². The van der Waals surface area contributed by atoms with E-state index in [0.717, 1.165) is 6.42 Å². The van der Waals surface area contributed by atoms with Crippen molar-refractivity contribution in [1.82, 2.24) is 0 Å². The minimum absolute atomic E-state index is 0.117. The van der Waals surface area contributed by atoms with Crippen molar-refractivity contribution in [3.05, 3.63) is 0 Å². The molecule has 12 heavy (non-hydrogen) atoms. The quantitative estimate of drug-likeness (QED) is 0.631. The van der Waals surface area contributed by atoms with Crippen molar-refractivity contribution in [2.24, 2.45) is 11.3 Å². The summed E-state index contributed by atoms with van der Waals surface area (Å²) in [7, 11) is 1.39. The molecule has 1 fully saturated rings. The van der Waals surface area contributed by atoms with E-state index < -0.39 is 0 Å². The number of methoxy groups -OCH3 is 1. The molecular weight excluding hydrogens is 156 g/mol. The normalized spacial score (nSPS) is 32.3. The van der Waals surface area contributed by atoms with E-state index in [1.165, 1.54) is 7.11 Å². The number of carbonyl (C=O) groups is 1. The fraction of sp³-hybridized carbons (Fsp3) is 0.889. The van der Waals surface area contributed by atoms with Crippen LogP contribution in [0.1, 0.15) is 26.7 Å². The number of rotatable bonds is 2. The summed E-state index contributed by atoms with van der Waals surface area (Å²) in [5, 5.41) is 9.38. The van der Waals surface area contributed by atoms with E-state index in [1.807, 2.05) is 13.8 Å². The number of esters is 1. The van der Waals surface area contributed by atoms with Crippen molar-refractivity contribution in [3.63, 3.8) is 0 Å². The van der Waals surface area contributed by atoms with Crippen LogP contribution in [0.4, 0.5) is 0 Å². The van der Waals surface area contributed by atoms with E-state index in [1.54, 1.807) is 0 Å². The Hall–Kier alpha value is -0.570. The molecule has 1 rings (SSSR count). The third-order valence-electron chi connectivity index (χ3n) is 3.06. The first-order chi connectivity index (χ1) is 5.48. The number of aliphatic hydroxyl groups is 1. The summed E-state index contributed by atoms with van der Waals surface area (Å²) in [6.45, 7) is 3.96. The van der Waals surface area contributed by atoms with Gasteiger partial charge in [0.25, 0.3) is 0 Å². The van der Waals surface area contributed by atoms with Gasteiger partial charge in [0.15, 0.2) is 0 Å². The fourth-order valence-electron chi connectivity index (χ4n) is 1.62. The maximum Gasteiger partial charge on any atom is 0.305 e. The molecule has 1 aliphatic rings. The molecule has 0 unspecified atom stereocenters. The summed E-state index contributed by atoms with van der Waals surface area (Å²) in [6, 6.07) is 0. The van der Waals surface area contributed by atoms with E-state index in [-0.39, 0.29) is 23.4 Å². The Kier molecular flexibility index (Phi) is 2.42. The van der Waals surface area contributed by atoms with Gasteiger partial charge in [0, 0.05) is 6.42 Å². The molecule has 2 atom stereocenters. The average molecular weight is 172 g/mol. The highest BCUT2D eigenvalue weighted by molar-refractivity contribution is 5.69. The molecule has 1 saturated carbocycles. The molecule has 3 heteroatoms. The number of carbonyl (C=O) groups excluding carboxylic acids is 1. The summed E-state index contributed by atoms with van der Waals surface area (Å²) in [4.78, 5) is 10.9. The second kappa shape index (κ2) is 3.05. The molecule has 0 saturated heterocycles. The van der Waals surface area contributed by atoms with Crippen LogP contribution >= 0.6 is 0 Å². The molecular formula is C9H16O3. The maximum atomic E-state index is 10.9. The largest absolute Gasteiger partial charge is 0.469 e. The van der Waals surface area contributed by atoms with Crippen LogP contribution in [0.15, 0.2) is 0 Å². The SMILES string of the molecule is COC(=O)C[C@@H]1C[C@H](O)C1(C)C. The molecule has 0 aliphatic heterocycles. The van der Waals surface area contributed by atoms with Crippen LogP contribution in [0, 0.1) is 11.3 Å². The predicted molar refractivity (Wildman–Crippen MR) is 44.5 cm³/mol. The lowest BCUT2D eigenvalue weighted by molar-refractivity contribution is -0.151. The van der Waals surface area contributed by atoms with Gasteiger partial charge >= 0.3 is 5.97 Å². The molecule has 0 aromatic rings. The molecule has 70 valence electrons. The van der Waals surface area contributed by atoms with Crippen LogP contribution < -0.4 is 0 Å². The molecule has 0 bridgehead atoms. The zero-order chi connectivity index (χ0) is 9.35. The standard InChI is InChI=1S/C9H16O3/c1-9(2)6(4-7(9)10)5-8(11)12-3/h6-7,10H,4-5H2,1-3H3/t6-,7-/m0/s1. The average Bonchev–Trinajstić information content (AvgIpc) is 2.03. The smallest absolute Gasteiger partial charge is 0.305 e. The molecule has 0 radical (unpaired) electrons. The van der Waals surface area contributed by atoms with Gasteiger partial charge in [-0.2, -0.15) is 0 Å². The topological polar surface area (TPSA) is 46.5 Å². The first kappa shape index (κ1) is 9.52. The molecule has 0 aromatic heterocycles. The van der Waals surface area contributed by atoms with Crippen molar-refractivity contribution in [1.29, 1.82) is 0 Å². The molecule has 0 aromatic carbocycles. The van der Waals surface area contributed by atoms with E-state index in [0.29, 0.717) is 6.42 Å². The van der Waals surface area contributed by atoms with Crippen LogP contribution in [0.2, 0.25) is 0 Å². The minimum Gasteiger partial charge on any atom is -0.469 e. The Bertz CT molecular complexity index is 186. The summed E-state index contributed by atoms with van der Waals surface area (Å²) < 4.78 is 4.56. The van der Waals surface area contributed by atoms with Crippen molar-refractivity contribution < 1.29 is 14.6 Å². The Morgan fingerprint density at radius 1 is 1.67 bits per heavy atom. The molecule has 0 heterocycles. The van der Waals surface area contributed by atoms with Crippen molar-refractivity contribution >= 4 is 5.97 Å². The second-order valence-electron chi connectivity index (χ2n) is 4.05. The second-order valence-corrected chi connectivity index (χ2v) is 4.05. The van der Waals surface area contributed by atoms with Gasteiger partial charge in [-0.1, -0.05) is 13.8 Å². The van der Waals surface area contributed by atoms with Crippen molar-refractivity contribution in [2.45, 2.75) is 32.8 Å². The monoisotopic (exact) mass is 172 g/mol. The third-order valence-corrected chi connectivity index (χ3v) is 3.06. The van der Waals surface area contributed by atoms with Crippen molar-refractivity contribution in [3.8, 4) is 0 Å². The lowest BCUT2D eigenvalue weighted by atomic mass is 9.59. The first-order valence-corrected chi connectivity index (χ1v) is 4.23. The Labute approximate surface area is 72.7 Å². The van der Waals surface area contributed by atoms with Gasteiger partial charge in [0.1, 0.15) is 0 Å². The maximum absolute atomic E-state index is 10.9. The van der Waals surface area contributed by atoms with Gasteiger partial charge in [-0.3, -0.25) is 4.79 Å². The van der Waals surface area contributed by atoms with Crippen molar-refractivity contribution in [2.75, 3.05) is 7.11 Å². The highest BCUT2D eigenvalue weighted by atomic mass is 16.5. The molecule has 3 nitrogen and oxygen atoms in total. The van der Waals surface area contributed by atoms with E-state index >= 15 is 0 Å². The fourth-order valence-corrected chi connectivity index (χ4v) is 1.62. The number of hydrogen-bond acceptors (Lipinski definition) is 3. The number of aliphatic hydroxyl groups excluding tert-OH is 1. The number of hydrogen-bond donors (Lipinski definition) is 1. The summed E-state index contributed by atoms with van der Waals surface area (Å²) in [6.07, 6.45) is 0.898. The van der Waals surface area contributed by atoms with Gasteiger partial charge in [-0.25, -0.2) is 0 Å². The highest BCUT2D eigenvalue weighted by Crippen LogP contribution is 2.47. The molecule has 0 amide bonds. The van der Waals surface area contributed by atoms with Gasteiger partial charge in [0.05, 0.1) is 13.2 Å². The Morgan fingerprint density at radius 2 is 2.25 bits per heavy atom. The highest BCUT2D eigenvalue weighted by Gasteiger charge is 2.47. The summed E-state index contributed by atoms with van der Waals surface area (Å²) in [5.74, 6) is 0.0972. The van der Waals surface area contributed by atoms with Gasteiger partial charge in [-0.15, -0.1) is 0 Å². The minimum atomic E-state index is -0.257. The van der Waals surface area contributed by atoms with Gasteiger partial charge < -0.3 is 9.84 Å². The zero-order valence-corrected chi connectivity index (χ0v) is 7.83. The van der Waals surface area contributed by atoms with Crippen LogP contribution in [0.25, 0.3) is 0 Å². The molecule has 1 N–H and O–H groups in total. The lowest BCUT2D eigenvalue weighted by Crippen LogP contribution is -2.49. The van der Waals surface area contributed by atoms with Crippen LogP contribution in [0.5, 0.6) is 0 Å². The Morgan fingerprint density at radius 3 is 2.58 bits per heavy atom.